The molecule has 35 heavy (non-hydrogen) atoms. The summed E-state index contributed by atoms with van der Waals surface area (Å²) in [7, 11) is 0. The maximum atomic E-state index is 4.54. The van der Waals surface area contributed by atoms with Gasteiger partial charge in [-0.2, -0.15) is 0 Å². The average molecular weight is 609 g/mol. The Morgan fingerprint density at radius 1 is 0.686 bits per heavy atom. The van der Waals surface area contributed by atoms with Crippen LogP contribution >= 0.6 is 0 Å². The van der Waals surface area contributed by atoms with Crippen molar-refractivity contribution in [2.75, 3.05) is 36.8 Å². The fourth-order valence-corrected chi connectivity index (χ4v) is 4.59. The van der Waals surface area contributed by atoms with E-state index in [1.54, 1.807) is 0 Å². The topological polar surface area (TPSA) is 40.2 Å². The van der Waals surface area contributed by atoms with Gasteiger partial charge in [-0.3, -0.25) is 9.88 Å². The van der Waals surface area contributed by atoms with E-state index in [4.69, 9.17) is 0 Å². The van der Waals surface area contributed by atoms with Crippen LogP contribution in [0.4, 0.5) is 11.4 Å². The molecule has 0 aliphatic heterocycles. The number of hydrogen-bond acceptors (Lipinski definition) is 4. The first-order valence-electron chi connectivity index (χ1n) is 11.6. The number of nitrogens with one attached hydrogen (secondary N) is 2. The zero-order valence-corrected chi connectivity index (χ0v) is 24.6. The van der Waals surface area contributed by atoms with Gasteiger partial charge in [0.1, 0.15) is 0 Å². The molecule has 3 rings (SSSR count). The van der Waals surface area contributed by atoms with E-state index in [1.165, 1.54) is 44.8 Å². The summed E-state index contributed by atoms with van der Waals surface area (Å²) in [5.41, 5.74) is 11.5. The number of rotatable bonds is 10. The Labute approximate surface area is 240 Å². The van der Waals surface area contributed by atoms with Gasteiger partial charge in [-0.15, -0.1) is 0 Å². The van der Waals surface area contributed by atoms with E-state index in [2.05, 4.69) is 98.5 Å². The van der Waals surface area contributed by atoms with Crippen molar-refractivity contribution in [3.63, 3.8) is 0 Å². The Balaban J connectivity index is 0.00000385. The number of hydrogen-bond donors (Lipinski definition) is 2. The summed E-state index contributed by atoms with van der Waals surface area (Å²) in [5.74, 6) is 0. The molecule has 0 unspecified atom stereocenters. The van der Waals surface area contributed by atoms with Crippen LogP contribution in [0, 0.1) is 41.5 Å². The molecule has 0 aliphatic carbocycles. The second-order valence-electron chi connectivity index (χ2n) is 9.00. The Hall–Kier alpha value is -1.53. The van der Waals surface area contributed by atoms with Gasteiger partial charge in [-0.25, -0.2) is 0 Å². The zero-order valence-electron chi connectivity index (χ0n) is 21.6. The summed E-state index contributed by atoms with van der Waals surface area (Å²) in [5, 5.41) is 7.35. The molecule has 1 heterocycles. The number of aromatic nitrogens is 1. The van der Waals surface area contributed by atoms with Gasteiger partial charge in [0.15, 0.2) is 0 Å². The van der Waals surface area contributed by atoms with Crippen molar-refractivity contribution in [3.05, 3.63) is 87.7 Å². The minimum atomic E-state index is 0. The van der Waals surface area contributed by atoms with Gasteiger partial charge in [0.05, 0.1) is 5.69 Å². The fourth-order valence-electron chi connectivity index (χ4n) is 4.59. The van der Waals surface area contributed by atoms with Gasteiger partial charge >= 0.3 is 22.4 Å². The Kier molecular flexibility index (Phi) is 15.6. The van der Waals surface area contributed by atoms with Crippen LogP contribution in [-0.2, 0) is 28.9 Å². The first-order valence-corrected chi connectivity index (χ1v) is 11.6. The van der Waals surface area contributed by atoms with Gasteiger partial charge in [-0.1, -0.05) is 41.5 Å². The summed E-state index contributed by atoms with van der Waals surface area (Å²) in [4.78, 5) is 7.02. The van der Waals surface area contributed by atoms with Crippen LogP contribution in [0.15, 0.2) is 48.7 Å². The first-order chi connectivity index (χ1) is 15.3. The smallest absolute Gasteiger partial charge is 1.00 e. The number of pyridine rings is 1. The van der Waals surface area contributed by atoms with Crippen LogP contribution in [0.2, 0.25) is 0 Å². The predicted molar refractivity (Wildman–Crippen MR) is 138 cm³/mol. The van der Waals surface area contributed by atoms with Gasteiger partial charge in [0.2, 0.25) is 0 Å². The van der Waals surface area contributed by atoms with Crippen LogP contribution in [0.1, 0.15) is 39.1 Å². The first kappa shape index (κ1) is 33.5. The summed E-state index contributed by atoms with van der Waals surface area (Å²) in [6, 6.07) is 15.1. The number of halogens is 2. The monoisotopic (exact) mass is 607 g/mol. The third-order valence-electron chi connectivity index (χ3n) is 5.93. The molecule has 0 saturated carbocycles. The second kappa shape index (κ2) is 16.3. The fraction of sp³-hybridized carbons (Fsp3) is 0.393. The number of nitrogens with zero attached hydrogens (tertiary/aromatic N) is 2. The molecule has 0 atom stereocenters. The van der Waals surface area contributed by atoms with Crippen molar-refractivity contribution in [2.45, 2.75) is 48.1 Å². The van der Waals surface area contributed by atoms with E-state index < -0.39 is 0 Å². The maximum absolute atomic E-state index is 4.54. The summed E-state index contributed by atoms with van der Waals surface area (Å²) < 4.78 is 0. The summed E-state index contributed by atoms with van der Waals surface area (Å²) in [6.07, 6.45) is 1.88. The Bertz CT molecular complexity index is 935. The maximum Gasteiger partial charge on any atom is 2.00 e. The molecule has 1 aromatic heterocycles. The number of benzene rings is 2. The Morgan fingerprint density at radius 2 is 1.11 bits per heavy atom. The molecule has 0 saturated heterocycles. The van der Waals surface area contributed by atoms with Crippen LogP contribution < -0.4 is 35.4 Å². The van der Waals surface area contributed by atoms with Gasteiger partial charge in [-0.05, 0) is 75.9 Å². The third-order valence-corrected chi connectivity index (χ3v) is 5.93. The van der Waals surface area contributed by atoms with E-state index in [9.17, 15) is 0 Å². The number of aryl methyl sites for hydroxylation is 6. The number of anilines is 2. The van der Waals surface area contributed by atoms with Gasteiger partial charge < -0.3 is 35.4 Å². The molecule has 7 heteroatoms. The molecule has 0 aliphatic rings. The van der Waals surface area contributed by atoms with E-state index in [-0.39, 0.29) is 47.2 Å². The van der Waals surface area contributed by atoms with E-state index in [0.717, 1.165) is 38.4 Å². The largest absolute Gasteiger partial charge is 2.00 e. The van der Waals surface area contributed by atoms with Crippen molar-refractivity contribution in [1.82, 2.24) is 9.88 Å². The molecule has 2 aromatic carbocycles. The van der Waals surface area contributed by atoms with Crippen LogP contribution in [-0.4, -0.2) is 36.1 Å². The van der Waals surface area contributed by atoms with Crippen molar-refractivity contribution in [3.8, 4) is 0 Å². The molecular formula is C28H38AgCl2N4. The molecule has 0 amide bonds. The van der Waals surface area contributed by atoms with Crippen molar-refractivity contribution >= 4 is 11.4 Å². The minimum Gasteiger partial charge on any atom is -1.00 e. The molecule has 1 radical (unpaired) electrons. The second-order valence-corrected chi connectivity index (χ2v) is 9.00. The van der Waals surface area contributed by atoms with E-state index in [0.29, 0.717) is 0 Å². The molecule has 195 valence electrons. The molecule has 2 N–H and O–H groups in total. The summed E-state index contributed by atoms with van der Waals surface area (Å²) in [6.45, 7) is 17.6. The quantitative estimate of drug-likeness (QED) is 0.317. The SMILES string of the molecule is Cc1cc(C)c(NCCN(CCNc2c(C)cc(C)cc2C)Cc2ccccn2)c(C)c1.[Ag+2].[Cl-].[Cl-]. The zero-order chi connectivity index (χ0) is 23.1. The standard InChI is InChI=1S/C28H38N4.Ag.2ClH/c1-20-15-22(3)27(23(4)16-20)30-11-13-32(19-26-9-7-8-10-29-26)14-12-31-28-24(5)17-21(2)18-25(28)6;;;/h7-10,15-18,30-31H,11-14,19H2,1-6H3;;2*1H/q;+2;;/p-2. The molecule has 4 nitrogen and oxygen atoms in total. The van der Waals surface area contributed by atoms with Gasteiger partial charge in [0.25, 0.3) is 0 Å². The third kappa shape index (κ3) is 10.2. The minimum absolute atomic E-state index is 0. The van der Waals surface area contributed by atoms with Crippen LogP contribution in [0.3, 0.4) is 0 Å². The normalized spacial score (nSPS) is 10.1. The average Bonchev–Trinajstić information content (AvgIpc) is 2.72. The van der Waals surface area contributed by atoms with Crippen LogP contribution in [0.25, 0.3) is 0 Å². The van der Waals surface area contributed by atoms with Crippen molar-refractivity contribution < 1.29 is 47.2 Å². The van der Waals surface area contributed by atoms with E-state index in [1.807, 2.05) is 12.3 Å². The van der Waals surface area contributed by atoms with Crippen molar-refractivity contribution in [2.24, 2.45) is 0 Å². The molecular weight excluding hydrogens is 571 g/mol. The predicted octanol–water partition coefficient (Wildman–Crippen LogP) is -0.0362. The van der Waals surface area contributed by atoms with Gasteiger partial charge in [0, 0.05) is 50.3 Å². The molecule has 0 spiro atoms. The van der Waals surface area contributed by atoms with Crippen molar-refractivity contribution in [1.29, 1.82) is 0 Å². The molecule has 0 fully saturated rings. The van der Waals surface area contributed by atoms with Crippen LogP contribution in [0.5, 0.6) is 0 Å². The molecule has 3 aromatic rings. The van der Waals surface area contributed by atoms with E-state index >= 15 is 0 Å². The molecule has 0 bridgehead atoms. The summed E-state index contributed by atoms with van der Waals surface area (Å²) >= 11 is 0. The Morgan fingerprint density at radius 3 is 1.49 bits per heavy atom.